The molecular formula is C16H23N3. The predicted molar refractivity (Wildman–Crippen MR) is 79.0 cm³/mol. The molecule has 1 heterocycles. The summed E-state index contributed by atoms with van der Waals surface area (Å²) >= 11 is 0. The lowest BCUT2D eigenvalue weighted by Gasteiger charge is -2.26. The molecule has 0 atom stereocenters. The number of aryl methyl sites for hydroxylation is 2. The van der Waals surface area contributed by atoms with Gasteiger partial charge in [-0.15, -0.1) is 0 Å². The van der Waals surface area contributed by atoms with Crippen molar-refractivity contribution in [1.29, 1.82) is 0 Å². The molecule has 0 saturated heterocycles. The molecule has 19 heavy (non-hydrogen) atoms. The van der Waals surface area contributed by atoms with E-state index in [2.05, 4.69) is 66.6 Å². The van der Waals surface area contributed by atoms with Gasteiger partial charge in [-0.05, 0) is 39.2 Å². The van der Waals surface area contributed by atoms with E-state index >= 15 is 0 Å². The first-order valence-corrected chi connectivity index (χ1v) is 6.85. The van der Waals surface area contributed by atoms with Gasteiger partial charge in [0.15, 0.2) is 0 Å². The summed E-state index contributed by atoms with van der Waals surface area (Å²) in [5.41, 5.74) is 3.91. The second-order valence-corrected chi connectivity index (χ2v) is 5.74. The number of aromatic amines is 1. The molecule has 0 unspecified atom stereocenters. The van der Waals surface area contributed by atoms with E-state index in [1.807, 2.05) is 6.20 Å². The summed E-state index contributed by atoms with van der Waals surface area (Å²) in [5, 5.41) is 10.6. The van der Waals surface area contributed by atoms with E-state index in [-0.39, 0.29) is 5.54 Å². The molecule has 0 aliphatic heterocycles. The first-order chi connectivity index (χ1) is 9.07. The van der Waals surface area contributed by atoms with Crippen molar-refractivity contribution in [3.8, 4) is 0 Å². The Labute approximate surface area is 115 Å². The van der Waals surface area contributed by atoms with Crippen LogP contribution in [-0.2, 0) is 13.0 Å². The summed E-state index contributed by atoms with van der Waals surface area (Å²) < 4.78 is 0. The van der Waals surface area contributed by atoms with Gasteiger partial charge in [-0.3, -0.25) is 5.10 Å². The van der Waals surface area contributed by atoms with Gasteiger partial charge >= 0.3 is 0 Å². The zero-order valence-electron chi connectivity index (χ0n) is 12.0. The van der Waals surface area contributed by atoms with Crippen molar-refractivity contribution in [3.05, 3.63) is 53.3 Å². The van der Waals surface area contributed by atoms with E-state index < -0.39 is 0 Å². The minimum atomic E-state index is 0.125. The van der Waals surface area contributed by atoms with Crippen molar-refractivity contribution in [2.45, 2.75) is 45.7 Å². The van der Waals surface area contributed by atoms with Crippen LogP contribution >= 0.6 is 0 Å². The van der Waals surface area contributed by atoms with E-state index in [0.29, 0.717) is 0 Å². The Balaban J connectivity index is 1.83. The molecule has 1 aromatic carbocycles. The zero-order valence-corrected chi connectivity index (χ0v) is 12.0. The fourth-order valence-electron chi connectivity index (χ4n) is 2.08. The van der Waals surface area contributed by atoms with Crippen LogP contribution in [0.5, 0.6) is 0 Å². The molecule has 0 radical (unpaired) electrons. The van der Waals surface area contributed by atoms with E-state index in [0.717, 1.165) is 25.1 Å². The number of rotatable bonds is 6. The topological polar surface area (TPSA) is 40.7 Å². The molecule has 0 aliphatic carbocycles. The summed E-state index contributed by atoms with van der Waals surface area (Å²) in [6.45, 7) is 7.43. The molecule has 1 aromatic heterocycles. The molecule has 0 amide bonds. The average molecular weight is 257 g/mol. The molecule has 0 fully saturated rings. The van der Waals surface area contributed by atoms with Crippen molar-refractivity contribution in [2.75, 3.05) is 0 Å². The number of aromatic nitrogens is 2. The van der Waals surface area contributed by atoms with Gasteiger partial charge in [-0.1, -0.05) is 30.3 Å². The quantitative estimate of drug-likeness (QED) is 0.834. The Hall–Kier alpha value is -1.61. The molecule has 0 spiro atoms. The van der Waals surface area contributed by atoms with Crippen LogP contribution < -0.4 is 5.32 Å². The SMILES string of the molecule is Cc1[nH]ncc1CNC(C)(C)CCc1ccccc1. The van der Waals surface area contributed by atoms with Gasteiger partial charge in [-0.2, -0.15) is 5.10 Å². The van der Waals surface area contributed by atoms with Crippen LogP contribution in [0.1, 0.15) is 37.1 Å². The van der Waals surface area contributed by atoms with E-state index in [4.69, 9.17) is 0 Å². The second kappa shape index (κ2) is 6.02. The average Bonchev–Trinajstić information content (AvgIpc) is 2.81. The van der Waals surface area contributed by atoms with Crippen molar-refractivity contribution in [2.24, 2.45) is 0 Å². The highest BCUT2D eigenvalue weighted by atomic mass is 15.1. The third-order valence-corrected chi connectivity index (χ3v) is 3.57. The lowest BCUT2D eigenvalue weighted by molar-refractivity contribution is 0.360. The van der Waals surface area contributed by atoms with Crippen LogP contribution in [0.3, 0.4) is 0 Å². The van der Waals surface area contributed by atoms with Crippen molar-refractivity contribution < 1.29 is 0 Å². The third-order valence-electron chi connectivity index (χ3n) is 3.57. The number of H-pyrrole nitrogens is 1. The van der Waals surface area contributed by atoms with Crippen LogP contribution in [0.15, 0.2) is 36.5 Å². The van der Waals surface area contributed by atoms with Crippen LogP contribution in [0, 0.1) is 6.92 Å². The number of benzene rings is 1. The highest BCUT2D eigenvalue weighted by Gasteiger charge is 2.17. The van der Waals surface area contributed by atoms with Gasteiger partial charge in [0.2, 0.25) is 0 Å². The summed E-state index contributed by atoms with van der Waals surface area (Å²) in [5.74, 6) is 0. The van der Waals surface area contributed by atoms with Crippen molar-refractivity contribution in [1.82, 2.24) is 15.5 Å². The van der Waals surface area contributed by atoms with E-state index in [1.54, 1.807) is 0 Å². The van der Waals surface area contributed by atoms with Gasteiger partial charge < -0.3 is 5.32 Å². The number of nitrogens with one attached hydrogen (secondary N) is 2. The van der Waals surface area contributed by atoms with Crippen LogP contribution in [0.25, 0.3) is 0 Å². The normalized spacial score (nSPS) is 11.7. The van der Waals surface area contributed by atoms with Gasteiger partial charge in [0.05, 0.1) is 6.20 Å². The maximum Gasteiger partial charge on any atom is 0.0535 e. The molecule has 2 rings (SSSR count). The molecule has 3 heteroatoms. The number of hydrogen-bond donors (Lipinski definition) is 2. The van der Waals surface area contributed by atoms with E-state index in [1.165, 1.54) is 11.1 Å². The summed E-state index contributed by atoms with van der Waals surface area (Å²) in [6, 6.07) is 10.6. The summed E-state index contributed by atoms with van der Waals surface area (Å²) in [7, 11) is 0. The van der Waals surface area contributed by atoms with Crippen LogP contribution in [-0.4, -0.2) is 15.7 Å². The first kappa shape index (κ1) is 13.8. The highest BCUT2D eigenvalue weighted by Crippen LogP contribution is 2.15. The lowest BCUT2D eigenvalue weighted by atomic mass is 9.95. The maximum absolute atomic E-state index is 4.05. The molecule has 3 nitrogen and oxygen atoms in total. The first-order valence-electron chi connectivity index (χ1n) is 6.85. The molecule has 0 bridgehead atoms. The molecular weight excluding hydrogens is 234 g/mol. The van der Waals surface area contributed by atoms with Gasteiger partial charge in [-0.25, -0.2) is 0 Å². The number of nitrogens with zero attached hydrogens (tertiary/aromatic N) is 1. The van der Waals surface area contributed by atoms with Crippen LogP contribution in [0.2, 0.25) is 0 Å². The smallest absolute Gasteiger partial charge is 0.0535 e. The van der Waals surface area contributed by atoms with Crippen molar-refractivity contribution >= 4 is 0 Å². The molecule has 102 valence electrons. The molecule has 0 saturated carbocycles. The predicted octanol–water partition coefficient (Wildman–Crippen LogP) is 3.22. The molecule has 2 aromatic rings. The number of hydrogen-bond acceptors (Lipinski definition) is 2. The minimum Gasteiger partial charge on any atom is -0.308 e. The van der Waals surface area contributed by atoms with Gasteiger partial charge in [0.1, 0.15) is 0 Å². The molecule has 0 aliphatic rings. The van der Waals surface area contributed by atoms with Gasteiger partial charge in [0, 0.05) is 23.3 Å². The highest BCUT2D eigenvalue weighted by molar-refractivity contribution is 5.16. The fraction of sp³-hybridized carbons (Fsp3) is 0.438. The standard InChI is InChI=1S/C16H23N3/c1-13-15(12-18-19-13)11-17-16(2,3)10-9-14-7-5-4-6-8-14/h4-8,12,17H,9-11H2,1-3H3,(H,18,19). The van der Waals surface area contributed by atoms with E-state index in [9.17, 15) is 0 Å². The third kappa shape index (κ3) is 4.21. The largest absolute Gasteiger partial charge is 0.308 e. The lowest BCUT2D eigenvalue weighted by Crippen LogP contribution is -2.39. The Morgan fingerprint density at radius 2 is 1.95 bits per heavy atom. The van der Waals surface area contributed by atoms with Crippen molar-refractivity contribution in [3.63, 3.8) is 0 Å². The van der Waals surface area contributed by atoms with Gasteiger partial charge in [0.25, 0.3) is 0 Å². The monoisotopic (exact) mass is 257 g/mol. The van der Waals surface area contributed by atoms with Crippen LogP contribution in [0.4, 0.5) is 0 Å². The molecule has 2 N–H and O–H groups in total. The fourth-order valence-corrected chi connectivity index (χ4v) is 2.08. The zero-order chi connectivity index (χ0) is 13.7. The summed E-state index contributed by atoms with van der Waals surface area (Å²) in [4.78, 5) is 0. The Morgan fingerprint density at radius 1 is 1.21 bits per heavy atom. The second-order valence-electron chi connectivity index (χ2n) is 5.74. The minimum absolute atomic E-state index is 0.125. The maximum atomic E-state index is 4.05. The Bertz CT molecular complexity index is 500. The Morgan fingerprint density at radius 3 is 2.58 bits per heavy atom. The Kier molecular flexibility index (Phi) is 4.38. The summed E-state index contributed by atoms with van der Waals surface area (Å²) in [6.07, 6.45) is 4.12.